The zero-order valence-corrected chi connectivity index (χ0v) is 9.35. The van der Waals surface area contributed by atoms with E-state index in [-0.39, 0.29) is 23.4 Å². The number of rotatable bonds is 2. The first-order valence-electron chi connectivity index (χ1n) is 5.61. The van der Waals surface area contributed by atoms with E-state index in [1.54, 1.807) is 12.4 Å². The first-order valence-corrected chi connectivity index (χ1v) is 5.61. The van der Waals surface area contributed by atoms with E-state index in [1.165, 1.54) is 6.92 Å². The molecule has 0 saturated heterocycles. The highest BCUT2D eigenvalue weighted by atomic mass is 16.1. The van der Waals surface area contributed by atoms with Crippen molar-refractivity contribution in [2.45, 2.75) is 32.1 Å². The molecule has 0 radical (unpaired) electrons. The van der Waals surface area contributed by atoms with Crippen LogP contribution in [-0.4, -0.2) is 16.6 Å². The largest absolute Gasteiger partial charge is 0.299 e. The number of Topliss-reactive ketones (excluding diaryl/α,β-unsaturated/α-hetero) is 2. The Labute approximate surface area is 94.9 Å². The van der Waals surface area contributed by atoms with Crippen molar-refractivity contribution in [2.75, 3.05) is 0 Å². The van der Waals surface area contributed by atoms with Crippen molar-refractivity contribution in [2.24, 2.45) is 5.92 Å². The van der Waals surface area contributed by atoms with Crippen LogP contribution in [0, 0.1) is 5.92 Å². The zero-order chi connectivity index (χ0) is 11.5. The second-order valence-electron chi connectivity index (χ2n) is 4.39. The van der Waals surface area contributed by atoms with Gasteiger partial charge in [-0.15, -0.1) is 0 Å². The maximum atomic E-state index is 11.8. The lowest BCUT2D eigenvalue weighted by Crippen LogP contribution is -2.28. The summed E-state index contributed by atoms with van der Waals surface area (Å²) in [6, 6.07) is 3.90. The van der Waals surface area contributed by atoms with Crippen LogP contribution in [0.15, 0.2) is 24.5 Å². The molecule has 1 aromatic rings. The van der Waals surface area contributed by atoms with E-state index in [0.717, 1.165) is 12.0 Å². The lowest BCUT2D eigenvalue weighted by molar-refractivity contribution is -0.133. The Bertz CT molecular complexity index is 400. The molecule has 1 heterocycles. The van der Waals surface area contributed by atoms with Crippen LogP contribution in [0.1, 0.15) is 37.7 Å². The molecule has 16 heavy (non-hydrogen) atoms. The standard InChI is InChI=1S/C13H15NO2/c1-9(15)12-3-2-11(8-13(12)16)10-4-6-14-7-5-10/h4-7,11-12H,2-3,8H2,1H3/t11-,12+/m0/s1. The molecule has 1 aromatic heterocycles. The van der Waals surface area contributed by atoms with Gasteiger partial charge in [-0.25, -0.2) is 0 Å². The number of hydrogen-bond acceptors (Lipinski definition) is 3. The minimum Gasteiger partial charge on any atom is -0.299 e. The zero-order valence-electron chi connectivity index (χ0n) is 9.35. The van der Waals surface area contributed by atoms with Gasteiger partial charge >= 0.3 is 0 Å². The SMILES string of the molecule is CC(=O)[C@H]1CC[C@H](c2ccncc2)CC1=O. The first-order chi connectivity index (χ1) is 7.68. The van der Waals surface area contributed by atoms with Crippen molar-refractivity contribution >= 4 is 11.6 Å². The Kier molecular flexibility index (Phi) is 3.13. The molecule has 2 atom stereocenters. The first kappa shape index (κ1) is 11.0. The number of ketones is 2. The molecule has 2 rings (SSSR count). The van der Waals surface area contributed by atoms with Crippen LogP contribution >= 0.6 is 0 Å². The maximum Gasteiger partial charge on any atom is 0.143 e. The minimum atomic E-state index is -0.349. The molecule has 3 nitrogen and oxygen atoms in total. The second kappa shape index (κ2) is 4.56. The number of nitrogens with zero attached hydrogens (tertiary/aromatic N) is 1. The number of hydrogen-bond donors (Lipinski definition) is 0. The van der Waals surface area contributed by atoms with E-state index in [9.17, 15) is 9.59 Å². The van der Waals surface area contributed by atoms with Gasteiger partial charge in [0.05, 0.1) is 5.92 Å². The average molecular weight is 217 g/mol. The third kappa shape index (κ3) is 2.18. The number of carbonyl (C=O) groups is 2. The number of carbonyl (C=O) groups excluding carboxylic acids is 2. The van der Waals surface area contributed by atoms with Gasteiger partial charge in [0, 0.05) is 18.8 Å². The van der Waals surface area contributed by atoms with Crippen molar-refractivity contribution in [3.63, 3.8) is 0 Å². The van der Waals surface area contributed by atoms with Crippen LogP contribution in [0.3, 0.4) is 0 Å². The highest BCUT2D eigenvalue weighted by Crippen LogP contribution is 2.33. The Morgan fingerprint density at radius 1 is 1.31 bits per heavy atom. The van der Waals surface area contributed by atoms with Crippen molar-refractivity contribution in [1.29, 1.82) is 0 Å². The molecule has 0 aromatic carbocycles. The molecule has 3 heteroatoms. The summed E-state index contributed by atoms with van der Waals surface area (Å²) in [5, 5.41) is 0. The van der Waals surface area contributed by atoms with Crippen LogP contribution in [0.2, 0.25) is 0 Å². The van der Waals surface area contributed by atoms with E-state index in [4.69, 9.17) is 0 Å². The second-order valence-corrected chi connectivity index (χ2v) is 4.39. The minimum absolute atomic E-state index is 0.0122. The average Bonchev–Trinajstić information content (AvgIpc) is 2.29. The summed E-state index contributed by atoms with van der Waals surface area (Å²) < 4.78 is 0. The molecule has 1 aliphatic carbocycles. The van der Waals surface area contributed by atoms with E-state index in [0.29, 0.717) is 12.8 Å². The maximum absolute atomic E-state index is 11.8. The molecule has 1 fully saturated rings. The fourth-order valence-corrected chi connectivity index (χ4v) is 2.37. The van der Waals surface area contributed by atoms with E-state index in [1.807, 2.05) is 12.1 Å². The Hall–Kier alpha value is -1.51. The Morgan fingerprint density at radius 3 is 2.56 bits per heavy atom. The fourth-order valence-electron chi connectivity index (χ4n) is 2.37. The monoisotopic (exact) mass is 217 g/mol. The molecule has 0 bridgehead atoms. The summed E-state index contributed by atoms with van der Waals surface area (Å²) in [6.45, 7) is 1.51. The van der Waals surface area contributed by atoms with Crippen molar-refractivity contribution in [3.05, 3.63) is 30.1 Å². The third-order valence-corrected chi connectivity index (χ3v) is 3.31. The molecule has 84 valence electrons. The van der Waals surface area contributed by atoms with Crippen molar-refractivity contribution in [3.8, 4) is 0 Å². The molecule has 0 aliphatic heterocycles. The molecule has 0 amide bonds. The van der Waals surface area contributed by atoms with Crippen molar-refractivity contribution in [1.82, 2.24) is 4.98 Å². The molecular weight excluding hydrogens is 202 g/mol. The van der Waals surface area contributed by atoms with Crippen LogP contribution in [-0.2, 0) is 9.59 Å². The van der Waals surface area contributed by atoms with Gasteiger partial charge in [0.1, 0.15) is 11.6 Å². The predicted molar refractivity (Wildman–Crippen MR) is 60.0 cm³/mol. The van der Waals surface area contributed by atoms with Crippen LogP contribution in [0.5, 0.6) is 0 Å². The van der Waals surface area contributed by atoms with Gasteiger partial charge in [-0.2, -0.15) is 0 Å². The fraction of sp³-hybridized carbons (Fsp3) is 0.462. The van der Waals surface area contributed by atoms with E-state index >= 15 is 0 Å². The number of aromatic nitrogens is 1. The summed E-state index contributed by atoms with van der Waals surface area (Å²) in [7, 11) is 0. The highest BCUT2D eigenvalue weighted by Gasteiger charge is 2.31. The quantitative estimate of drug-likeness (QED) is 0.713. The Balaban J connectivity index is 2.08. The van der Waals surface area contributed by atoms with E-state index in [2.05, 4.69) is 4.98 Å². The molecular formula is C13H15NO2. The smallest absolute Gasteiger partial charge is 0.143 e. The molecule has 0 unspecified atom stereocenters. The van der Waals surface area contributed by atoms with Gasteiger partial charge in [0.2, 0.25) is 0 Å². The van der Waals surface area contributed by atoms with Gasteiger partial charge in [-0.3, -0.25) is 14.6 Å². The van der Waals surface area contributed by atoms with E-state index < -0.39 is 0 Å². The normalized spacial score (nSPS) is 25.4. The Morgan fingerprint density at radius 2 is 2.00 bits per heavy atom. The summed E-state index contributed by atoms with van der Waals surface area (Å²) in [5.74, 6) is 0.0305. The topological polar surface area (TPSA) is 47.0 Å². The van der Waals surface area contributed by atoms with Gasteiger partial charge in [0.25, 0.3) is 0 Å². The van der Waals surface area contributed by atoms with Gasteiger partial charge in [-0.1, -0.05) is 0 Å². The summed E-state index contributed by atoms with van der Waals surface area (Å²) >= 11 is 0. The summed E-state index contributed by atoms with van der Waals surface area (Å²) in [4.78, 5) is 27.0. The molecule has 0 spiro atoms. The van der Waals surface area contributed by atoms with Gasteiger partial charge < -0.3 is 0 Å². The molecule has 1 aliphatic rings. The molecule has 1 saturated carbocycles. The van der Waals surface area contributed by atoms with Crippen LogP contribution < -0.4 is 0 Å². The summed E-state index contributed by atoms with van der Waals surface area (Å²) in [5.41, 5.74) is 1.16. The molecule has 0 N–H and O–H groups in total. The van der Waals surface area contributed by atoms with Crippen molar-refractivity contribution < 1.29 is 9.59 Å². The van der Waals surface area contributed by atoms with Gasteiger partial charge in [0.15, 0.2) is 0 Å². The highest BCUT2D eigenvalue weighted by molar-refractivity contribution is 6.02. The van der Waals surface area contributed by atoms with Crippen LogP contribution in [0.25, 0.3) is 0 Å². The third-order valence-electron chi connectivity index (χ3n) is 3.31. The number of pyridine rings is 1. The lowest BCUT2D eigenvalue weighted by atomic mass is 9.77. The van der Waals surface area contributed by atoms with Crippen LogP contribution in [0.4, 0.5) is 0 Å². The summed E-state index contributed by atoms with van der Waals surface area (Å²) in [6.07, 6.45) is 5.60. The lowest BCUT2D eigenvalue weighted by Gasteiger charge is -2.26. The predicted octanol–water partition coefficient (Wildman–Crippen LogP) is 2.12. The van der Waals surface area contributed by atoms with Gasteiger partial charge in [-0.05, 0) is 43.4 Å².